The van der Waals surface area contributed by atoms with Crippen molar-refractivity contribution in [3.63, 3.8) is 0 Å². The highest BCUT2D eigenvalue weighted by molar-refractivity contribution is 5.85. The molecule has 21 heavy (non-hydrogen) atoms. The van der Waals surface area contributed by atoms with E-state index in [1.165, 1.54) is 0 Å². The maximum absolute atomic E-state index is 11.5. The van der Waals surface area contributed by atoms with Gasteiger partial charge >= 0.3 is 0 Å². The zero-order chi connectivity index (χ0) is 14.8. The van der Waals surface area contributed by atoms with Crippen molar-refractivity contribution >= 4 is 18.3 Å². The summed E-state index contributed by atoms with van der Waals surface area (Å²) in [5.74, 6) is 1.51. The second-order valence-corrected chi connectivity index (χ2v) is 4.56. The highest BCUT2D eigenvalue weighted by Crippen LogP contribution is 2.16. The number of benzene rings is 1. The van der Waals surface area contributed by atoms with Gasteiger partial charge in [0, 0.05) is 6.54 Å². The first-order chi connectivity index (χ1) is 9.67. The van der Waals surface area contributed by atoms with Crippen LogP contribution in [0.25, 0.3) is 0 Å². The van der Waals surface area contributed by atoms with Gasteiger partial charge in [-0.1, -0.05) is 13.3 Å². The summed E-state index contributed by atoms with van der Waals surface area (Å²) in [6.07, 6.45) is 2.37. The SMILES string of the molecule is CCCC(N)C(=O)NCCCOc1ccc(OC)cc1.Cl. The van der Waals surface area contributed by atoms with Gasteiger partial charge in [-0.2, -0.15) is 0 Å². The minimum atomic E-state index is -0.400. The molecule has 1 aromatic carbocycles. The first kappa shape index (κ1) is 19.5. The van der Waals surface area contributed by atoms with E-state index in [1.54, 1.807) is 7.11 Å². The first-order valence-corrected chi connectivity index (χ1v) is 6.97. The first-order valence-electron chi connectivity index (χ1n) is 6.97. The van der Waals surface area contributed by atoms with Gasteiger partial charge < -0.3 is 20.5 Å². The molecular weight excluding hydrogens is 292 g/mol. The molecule has 0 saturated heterocycles. The zero-order valence-corrected chi connectivity index (χ0v) is 13.4. The van der Waals surface area contributed by atoms with Crippen molar-refractivity contribution in [2.24, 2.45) is 5.73 Å². The van der Waals surface area contributed by atoms with Crippen LogP contribution in [0.15, 0.2) is 24.3 Å². The Morgan fingerprint density at radius 1 is 1.29 bits per heavy atom. The van der Waals surface area contributed by atoms with Gasteiger partial charge in [-0.3, -0.25) is 4.79 Å². The Kier molecular flexibility index (Phi) is 10.4. The summed E-state index contributed by atoms with van der Waals surface area (Å²) in [5, 5.41) is 2.81. The number of rotatable bonds is 9. The molecule has 0 saturated carbocycles. The maximum atomic E-state index is 11.5. The second kappa shape index (κ2) is 11.2. The smallest absolute Gasteiger partial charge is 0.236 e. The lowest BCUT2D eigenvalue weighted by Gasteiger charge is -2.11. The number of nitrogens with two attached hydrogens (primary N) is 1. The van der Waals surface area contributed by atoms with Gasteiger partial charge in [-0.05, 0) is 37.1 Å². The lowest BCUT2D eigenvalue weighted by atomic mass is 10.2. The third-order valence-electron chi connectivity index (χ3n) is 2.88. The average molecular weight is 317 g/mol. The Hall–Kier alpha value is -1.46. The van der Waals surface area contributed by atoms with Gasteiger partial charge in [-0.25, -0.2) is 0 Å². The highest BCUT2D eigenvalue weighted by Gasteiger charge is 2.10. The summed E-state index contributed by atoms with van der Waals surface area (Å²) in [6.45, 7) is 3.14. The average Bonchev–Trinajstić information content (AvgIpc) is 2.47. The number of amides is 1. The monoisotopic (exact) mass is 316 g/mol. The van der Waals surface area contributed by atoms with Crippen LogP contribution in [0.5, 0.6) is 11.5 Å². The molecule has 0 aliphatic heterocycles. The minimum Gasteiger partial charge on any atom is -0.497 e. The van der Waals surface area contributed by atoms with E-state index in [4.69, 9.17) is 15.2 Å². The largest absolute Gasteiger partial charge is 0.497 e. The van der Waals surface area contributed by atoms with Gasteiger partial charge in [0.2, 0.25) is 5.91 Å². The number of halogens is 1. The van der Waals surface area contributed by atoms with Crippen molar-refractivity contribution in [3.05, 3.63) is 24.3 Å². The van der Waals surface area contributed by atoms with Crippen molar-refractivity contribution in [3.8, 4) is 11.5 Å². The predicted molar refractivity (Wildman–Crippen MR) is 86.2 cm³/mol. The van der Waals surface area contributed by atoms with Crippen molar-refractivity contribution in [2.75, 3.05) is 20.3 Å². The van der Waals surface area contributed by atoms with Crippen molar-refractivity contribution in [1.82, 2.24) is 5.32 Å². The molecule has 6 heteroatoms. The van der Waals surface area contributed by atoms with Crippen molar-refractivity contribution in [1.29, 1.82) is 0 Å². The Morgan fingerprint density at radius 3 is 2.48 bits per heavy atom. The number of hydrogen-bond donors (Lipinski definition) is 2. The molecule has 1 amide bonds. The van der Waals surface area contributed by atoms with E-state index in [0.717, 1.165) is 24.3 Å². The van der Waals surface area contributed by atoms with Gasteiger partial charge in [0.1, 0.15) is 11.5 Å². The topological polar surface area (TPSA) is 73.6 Å². The van der Waals surface area contributed by atoms with E-state index in [1.807, 2.05) is 31.2 Å². The van der Waals surface area contributed by atoms with E-state index >= 15 is 0 Å². The van der Waals surface area contributed by atoms with E-state index in [2.05, 4.69) is 5.32 Å². The number of methoxy groups -OCH3 is 1. The predicted octanol–water partition coefficient (Wildman–Crippen LogP) is 2.13. The number of carbonyl (C=O) groups is 1. The second-order valence-electron chi connectivity index (χ2n) is 4.56. The lowest BCUT2D eigenvalue weighted by molar-refractivity contribution is -0.122. The zero-order valence-electron chi connectivity index (χ0n) is 12.6. The molecule has 0 aliphatic carbocycles. The molecule has 1 atom stereocenters. The standard InChI is InChI=1S/C15H24N2O3.ClH/c1-3-5-14(16)15(18)17-10-4-11-20-13-8-6-12(19-2)7-9-13;/h6-9,14H,3-5,10-11,16H2,1-2H3,(H,17,18);1H. The number of carbonyl (C=O) groups excluding carboxylic acids is 1. The maximum Gasteiger partial charge on any atom is 0.236 e. The van der Waals surface area contributed by atoms with Crippen LogP contribution in [0.4, 0.5) is 0 Å². The molecule has 0 fully saturated rings. The molecule has 5 nitrogen and oxygen atoms in total. The molecule has 0 bridgehead atoms. The number of hydrogen-bond acceptors (Lipinski definition) is 4. The fourth-order valence-corrected chi connectivity index (χ4v) is 1.72. The number of ether oxygens (including phenoxy) is 2. The van der Waals surface area contributed by atoms with Crippen LogP contribution >= 0.6 is 12.4 Å². The van der Waals surface area contributed by atoms with Crippen molar-refractivity contribution in [2.45, 2.75) is 32.2 Å². The molecule has 1 unspecified atom stereocenters. The van der Waals surface area contributed by atoms with Gasteiger partial charge in [0.25, 0.3) is 0 Å². The molecule has 3 N–H and O–H groups in total. The van der Waals surface area contributed by atoms with Crippen LogP contribution in [0, 0.1) is 0 Å². The molecule has 1 rings (SSSR count). The summed E-state index contributed by atoms with van der Waals surface area (Å²) in [6, 6.07) is 7.01. The summed E-state index contributed by atoms with van der Waals surface area (Å²) < 4.78 is 10.6. The van der Waals surface area contributed by atoms with Crippen LogP contribution in [0.2, 0.25) is 0 Å². The molecule has 1 aromatic rings. The van der Waals surface area contributed by atoms with Gasteiger partial charge in [-0.15, -0.1) is 12.4 Å². The Morgan fingerprint density at radius 2 is 1.90 bits per heavy atom. The third-order valence-corrected chi connectivity index (χ3v) is 2.88. The summed E-state index contributed by atoms with van der Waals surface area (Å²) in [4.78, 5) is 11.5. The molecule has 0 aromatic heterocycles. The summed E-state index contributed by atoms with van der Waals surface area (Å²) in [5.41, 5.74) is 5.71. The quantitative estimate of drug-likeness (QED) is 0.684. The van der Waals surface area contributed by atoms with E-state index in [9.17, 15) is 4.79 Å². The third kappa shape index (κ3) is 7.78. The van der Waals surface area contributed by atoms with Crippen LogP contribution in [0.3, 0.4) is 0 Å². The van der Waals surface area contributed by atoms with Crippen LogP contribution in [0.1, 0.15) is 26.2 Å². The fraction of sp³-hybridized carbons (Fsp3) is 0.533. The minimum absolute atomic E-state index is 0. The molecule has 0 heterocycles. The Bertz CT molecular complexity index is 398. The van der Waals surface area contributed by atoms with Crippen LogP contribution in [-0.4, -0.2) is 32.2 Å². The van der Waals surface area contributed by atoms with E-state index < -0.39 is 6.04 Å². The molecule has 0 aliphatic rings. The molecule has 120 valence electrons. The van der Waals surface area contributed by atoms with Gasteiger partial charge in [0.05, 0.1) is 19.8 Å². The lowest BCUT2D eigenvalue weighted by Crippen LogP contribution is -2.41. The van der Waals surface area contributed by atoms with Gasteiger partial charge in [0.15, 0.2) is 0 Å². The molecule has 0 radical (unpaired) electrons. The summed E-state index contributed by atoms with van der Waals surface area (Å²) in [7, 11) is 1.63. The Balaban J connectivity index is 0.00000400. The van der Waals surface area contributed by atoms with Crippen LogP contribution < -0.4 is 20.5 Å². The molecular formula is C15H25ClN2O3. The van der Waals surface area contributed by atoms with Crippen LogP contribution in [-0.2, 0) is 4.79 Å². The van der Waals surface area contributed by atoms with Crippen molar-refractivity contribution < 1.29 is 14.3 Å². The number of nitrogens with one attached hydrogen (secondary N) is 1. The highest BCUT2D eigenvalue weighted by atomic mass is 35.5. The van der Waals surface area contributed by atoms with E-state index in [-0.39, 0.29) is 18.3 Å². The normalized spacial score (nSPS) is 11.2. The summed E-state index contributed by atoms with van der Waals surface area (Å²) >= 11 is 0. The Labute approximate surface area is 132 Å². The fourth-order valence-electron chi connectivity index (χ4n) is 1.72. The van der Waals surface area contributed by atoms with E-state index in [0.29, 0.717) is 19.6 Å². The molecule has 0 spiro atoms.